The molecular weight excluding hydrogens is 552 g/mol. The molecular formula is C35H42N6O3. The first-order valence-electron chi connectivity index (χ1n) is 15.4. The predicted octanol–water partition coefficient (Wildman–Crippen LogP) is 4.39. The zero-order chi connectivity index (χ0) is 30.6. The zero-order valence-electron chi connectivity index (χ0n) is 25.8. The molecule has 3 heterocycles. The minimum atomic E-state index is -0.722. The number of carbonyl (C=O) groups is 2. The van der Waals surface area contributed by atoms with E-state index in [1.807, 2.05) is 76.7 Å². The van der Waals surface area contributed by atoms with Crippen molar-refractivity contribution in [2.75, 3.05) is 70.3 Å². The lowest BCUT2D eigenvalue weighted by Crippen LogP contribution is -2.58. The van der Waals surface area contributed by atoms with Gasteiger partial charge in [-0.3, -0.25) is 4.79 Å². The molecule has 1 aromatic heterocycles. The first-order chi connectivity index (χ1) is 21.4. The quantitative estimate of drug-likeness (QED) is 0.316. The fraction of sp³-hybridized carbons (Fsp3) is 0.371. The van der Waals surface area contributed by atoms with Gasteiger partial charge < -0.3 is 34.6 Å². The Hall–Kier alpha value is -4.50. The largest absolute Gasteiger partial charge is 0.495 e. The van der Waals surface area contributed by atoms with Crippen molar-refractivity contribution in [3.8, 4) is 5.75 Å². The Morgan fingerprint density at radius 1 is 0.955 bits per heavy atom. The van der Waals surface area contributed by atoms with Gasteiger partial charge in [0.25, 0.3) is 0 Å². The van der Waals surface area contributed by atoms with Crippen LogP contribution in [0.1, 0.15) is 11.1 Å². The van der Waals surface area contributed by atoms with E-state index in [0.717, 1.165) is 46.6 Å². The van der Waals surface area contributed by atoms with E-state index in [-0.39, 0.29) is 11.9 Å². The molecule has 3 amide bonds. The molecule has 0 bridgehead atoms. The summed E-state index contributed by atoms with van der Waals surface area (Å²) in [6.45, 7) is 3.96. The van der Waals surface area contributed by atoms with Crippen LogP contribution in [0.4, 0.5) is 16.2 Å². The fourth-order valence-corrected chi connectivity index (χ4v) is 6.72. The van der Waals surface area contributed by atoms with E-state index in [4.69, 9.17) is 4.74 Å². The van der Waals surface area contributed by atoms with E-state index in [2.05, 4.69) is 46.3 Å². The van der Waals surface area contributed by atoms with Crippen LogP contribution in [0.3, 0.4) is 0 Å². The van der Waals surface area contributed by atoms with Gasteiger partial charge >= 0.3 is 6.03 Å². The number of benzene rings is 3. The van der Waals surface area contributed by atoms with E-state index in [9.17, 15) is 9.59 Å². The van der Waals surface area contributed by atoms with Crippen molar-refractivity contribution in [3.05, 3.63) is 90.1 Å². The molecule has 0 unspecified atom stereocenters. The number of amides is 3. The molecule has 9 heteroatoms. The molecule has 0 spiro atoms. The third-order valence-corrected chi connectivity index (χ3v) is 8.81. The van der Waals surface area contributed by atoms with Crippen molar-refractivity contribution in [1.82, 2.24) is 20.1 Å². The molecule has 2 aliphatic heterocycles. The van der Waals surface area contributed by atoms with E-state index in [0.29, 0.717) is 45.1 Å². The Labute approximate surface area is 259 Å². The standard InChI is InChI=1S/C35H42N6O3/c1-38(2)23-25-20-26-10-4-7-13-31(26)41(24-25)34(42)30(21-27-22-36-29-12-6-5-11-28(27)29)37-35(43)40-18-16-39(17-19-40)32-14-8-9-15-33(32)44-3/h4-15,22,25,30,36H,16-21,23-24H2,1-3H3,(H,37,43)/t25-,30-/m1/s1. The topological polar surface area (TPSA) is 84.1 Å². The maximum atomic E-state index is 14.5. The van der Waals surface area contributed by atoms with Crippen LogP contribution in [0.25, 0.3) is 10.9 Å². The number of piperazine rings is 1. The van der Waals surface area contributed by atoms with Gasteiger partial charge in [-0.05, 0) is 61.8 Å². The molecule has 9 nitrogen and oxygen atoms in total. The summed E-state index contributed by atoms with van der Waals surface area (Å²) in [6, 6.07) is 23.3. The molecule has 0 radical (unpaired) electrons. The van der Waals surface area contributed by atoms with Gasteiger partial charge in [0.1, 0.15) is 11.8 Å². The van der Waals surface area contributed by atoms with Gasteiger partial charge in [-0.25, -0.2) is 4.79 Å². The molecule has 0 aliphatic carbocycles. The summed E-state index contributed by atoms with van der Waals surface area (Å²) in [7, 11) is 5.82. The number of rotatable bonds is 8. The van der Waals surface area contributed by atoms with Crippen molar-refractivity contribution in [2.45, 2.75) is 18.9 Å². The normalized spacial score (nSPS) is 17.5. The monoisotopic (exact) mass is 594 g/mol. The smallest absolute Gasteiger partial charge is 0.318 e. The number of H-pyrrole nitrogens is 1. The Balaban J connectivity index is 1.23. The maximum absolute atomic E-state index is 14.5. The molecule has 0 saturated carbocycles. The third kappa shape index (κ3) is 6.24. The van der Waals surface area contributed by atoms with E-state index in [1.54, 1.807) is 7.11 Å². The number of nitrogens with one attached hydrogen (secondary N) is 2. The van der Waals surface area contributed by atoms with E-state index < -0.39 is 6.04 Å². The number of carbonyl (C=O) groups excluding carboxylic acids is 2. The molecule has 1 saturated heterocycles. The number of methoxy groups -OCH3 is 1. The molecule has 3 aromatic carbocycles. The molecule has 1 fully saturated rings. The Morgan fingerprint density at radius 2 is 1.66 bits per heavy atom. The fourth-order valence-electron chi connectivity index (χ4n) is 6.72. The summed E-state index contributed by atoms with van der Waals surface area (Å²) in [5.41, 5.74) is 5.16. The number of fused-ring (bicyclic) bond motifs is 2. The maximum Gasteiger partial charge on any atom is 0.318 e. The number of hydrogen-bond acceptors (Lipinski definition) is 5. The van der Waals surface area contributed by atoms with Crippen LogP contribution in [0, 0.1) is 5.92 Å². The number of hydrogen-bond donors (Lipinski definition) is 2. The predicted molar refractivity (Wildman–Crippen MR) is 176 cm³/mol. The van der Waals surface area contributed by atoms with Crippen molar-refractivity contribution >= 4 is 34.2 Å². The summed E-state index contributed by atoms with van der Waals surface area (Å²) in [4.78, 5) is 39.8. The Bertz CT molecular complexity index is 1610. The average molecular weight is 595 g/mol. The first kappa shape index (κ1) is 29.6. The van der Waals surface area contributed by atoms with Crippen LogP contribution < -0.4 is 19.9 Å². The number of nitrogens with zero attached hydrogens (tertiary/aromatic N) is 4. The molecule has 6 rings (SSSR count). The molecule has 230 valence electrons. The lowest BCUT2D eigenvalue weighted by atomic mass is 9.91. The summed E-state index contributed by atoms with van der Waals surface area (Å²) in [5.74, 6) is 1.05. The molecule has 2 atom stereocenters. The van der Waals surface area contributed by atoms with Gasteiger partial charge in [-0.1, -0.05) is 48.5 Å². The van der Waals surface area contributed by atoms with Crippen LogP contribution in [0.5, 0.6) is 5.75 Å². The number of urea groups is 1. The second-order valence-electron chi connectivity index (χ2n) is 12.1. The summed E-state index contributed by atoms with van der Waals surface area (Å²) in [6.07, 6.45) is 3.28. The lowest BCUT2D eigenvalue weighted by molar-refractivity contribution is -0.120. The van der Waals surface area contributed by atoms with Crippen LogP contribution in [0.15, 0.2) is 79.0 Å². The third-order valence-electron chi connectivity index (χ3n) is 8.81. The molecule has 2 N–H and O–H groups in total. The number of ether oxygens (including phenoxy) is 1. The Kier molecular flexibility index (Phi) is 8.74. The van der Waals surface area contributed by atoms with Gasteiger partial charge in [0.2, 0.25) is 5.91 Å². The zero-order valence-corrected chi connectivity index (χ0v) is 25.8. The van der Waals surface area contributed by atoms with Gasteiger partial charge in [-0.2, -0.15) is 0 Å². The van der Waals surface area contributed by atoms with Crippen LogP contribution in [-0.2, 0) is 17.6 Å². The van der Waals surface area contributed by atoms with Crippen molar-refractivity contribution in [2.24, 2.45) is 5.92 Å². The van der Waals surface area contributed by atoms with Gasteiger partial charge in [0.15, 0.2) is 0 Å². The van der Waals surface area contributed by atoms with Crippen LogP contribution in [0.2, 0.25) is 0 Å². The lowest BCUT2D eigenvalue weighted by Gasteiger charge is -2.39. The number of anilines is 2. The van der Waals surface area contributed by atoms with Gasteiger partial charge in [0.05, 0.1) is 12.8 Å². The molecule has 4 aromatic rings. The second kappa shape index (κ2) is 13.0. The summed E-state index contributed by atoms with van der Waals surface area (Å²) in [5, 5.41) is 4.24. The number of aromatic nitrogens is 1. The highest BCUT2D eigenvalue weighted by atomic mass is 16.5. The van der Waals surface area contributed by atoms with E-state index >= 15 is 0 Å². The van der Waals surface area contributed by atoms with Crippen LogP contribution in [-0.4, -0.2) is 93.2 Å². The van der Waals surface area contributed by atoms with Gasteiger partial charge in [-0.15, -0.1) is 0 Å². The van der Waals surface area contributed by atoms with Crippen molar-refractivity contribution < 1.29 is 14.3 Å². The highest BCUT2D eigenvalue weighted by molar-refractivity contribution is 6.00. The minimum Gasteiger partial charge on any atom is -0.495 e. The SMILES string of the molecule is COc1ccccc1N1CCN(C(=O)N[C@H](Cc2c[nH]c3ccccc23)C(=O)N2C[C@@H](CN(C)C)Cc3ccccc32)CC1. The van der Waals surface area contributed by atoms with Crippen molar-refractivity contribution in [1.29, 1.82) is 0 Å². The minimum absolute atomic E-state index is 0.0767. The van der Waals surface area contributed by atoms with Gasteiger partial charge in [0, 0.05) is 68.5 Å². The molecule has 2 aliphatic rings. The van der Waals surface area contributed by atoms with Crippen molar-refractivity contribution in [3.63, 3.8) is 0 Å². The number of para-hydroxylation sites is 4. The molecule has 44 heavy (non-hydrogen) atoms. The number of aromatic amines is 1. The summed E-state index contributed by atoms with van der Waals surface area (Å²) >= 11 is 0. The van der Waals surface area contributed by atoms with E-state index in [1.165, 1.54) is 5.56 Å². The highest BCUT2D eigenvalue weighted by Crippen LogP contribution is 2.32. The van der Waals surface area contributed by atoms with Crippen LogP contribution >= 0.6 is 0 Å². The Morgan fingerprint density at radius 3 is 2.43 bits per heavy atom. The first-order valence-corrected chi connectivity index (χ1v) is 15.4. The highest BCUT2D eigenvalue weighted by Gasteiger charge is 2.35. The average Bonchev–Trinajstić information content (AvgIpc) is 3.46. The second-order valence-corrected chi connectivity index (χ2v) is 12.1. The summed E-state index contributed by atoms with van der Waals surface area (Å²) < 4.78 is 5.56.